The molecule has 0 aromatic carbocycles. The first-order valence-electron chi connectivity index (χ1n) is 7.16. The van der Waals surface area contributed by atoms with E-state index in [-0.39, 0.29) is 28.5 Å². The van der Waals surface area contributed by atoms with E-state index in [0.717, 1.165) is 18.5 Å². The Hall–Kier alpha value is -1.63. The van der Waals surface area contributed by atoms with Gasteiger partial charge in [-0.05, 0) is 43.2 Å². The maximum Gasteiger partial charge on any atom is 0.261 e. The van der Waals surface area contributed by atoms with Gasteiger partial charge in [0.15, 0.2) is 9.84 Å². The Morgan fingerprint density at radius 2 is 2.00 bits per heavy atom. The Bertz CT molecular complexity index is 707. The van der Waals surface area contributed by atoms with Crippen molar-refractivity contribution in [2.75, 3.05) is 18.1 Å². The monoisotopic (exact) mass is 310 g/mol. The first-order chi connectivity index (χ1) is 9.94. The van der Waals surface area contributed by atoms with E-state index >= 15 is 0 Å². The van der Waals surface area contributed by atoms with E-state index in [2.05, 4.69) is 10.3 Å². The van der Waals surface area contributed by atoms with Gasteiger partial charge in [0.05, 0.1) is 11.5 Å². The molecule has 7 heteroatoms. The number of carbonyl (C=O) groups excluding carboxylic acids is 1. The van der Waals surface area contributed by atoms with E-state index in [1.807, 2.05) is 0 Å². The maximum absolute atomic E-state index is 11.9. The Morgan fingerprint density at radius 3 is 2.57 bits per heavy atom. The molecule has 1 aromatic heterocycles. The summed E-state index contributed by atoms with van der Waals surface area (Å²) in [6, 6.07) is 3.36. The Balaban J connectivity index is 1.52. The lowest BCUT2D eigenvalue weighted by atomic mass is 10.1. The van der Waals surface area contributed by atoms with Crippen molar-refractivity contribution >= 4 is 15.7 Å². The molecule has 2 fully saturated rings. The number of carbonyl (C=O) groups is 1. The van der Waals surface area contributed by atoms with Crippen LogP contribution in [0.15, 0.2) is 16.9 Å². The van der Waals surface area contributed by atoms with Crippen LogP contribution in [0, 0.1) is 5.92 Å². The molecule has 1 amide bonds. The topological polar surface area (TPSA) is 96.1 Å². The van der Waals surface area contributed by atoms with E-state index in [4.69, 9.17) is 0 Å². The van der Waals surface area contributed by atoms with E-state index in [1.165, 1.54) is 0 Å². The number of H-pyrrole nitrogens is 1. The van der Waals surface area contributed by atoms with Crippen LogP contribution in [-0.2, 0) is 9.84 Å². The number of hydrogen-bond acceptors (Lipinski definition) is 4. The Kier molecular flexibility index (Phi) is 3.61. The van der Waals surface area contributed by atoms with Crippen LogP contribution in [0.3, 0.4) is 0 Å². The van der Waals surface area contributed by atoms with Gasteiger partial charge in [0.25, 0.3) is 11.5 Å². The number of pyridine rings is 1. The van der Waals surface area contributed by atoms with Crippen molar-refractivity contribution in [2.24, 2.45) is 5.92 Å². The highest BCUT2D eigenvalue weighted by molar-refractivity contribution is 7.92. The first kappa shape index (κ1) is 14.3. The van der Waals surface area contributed by atoms with Crippen LogP contribution in [0.5, 0.6) is 0 Å². The fourth-order valence-corrected chi connectivity index (χ4v) is 4.29. The summed E-state index contributed by atoms with van der Waals surface area (Å²) < 4.78 is 22.0. The van der Waals surface area contributed by atoms with Crippen molar-refractivity contribution in [1.29, 1.82) is 0 Å². The van der Waals surface area contributed by atoms with Crippen LogP contribution in [0.2, 0.25) is 0 Å². The van der Waals surface area contributed by atoms with Crippen molar-refractivity contribution in [3.05, 3.63) is 33.7 Å². The SMILES string of the molecule is O=C(NCCC1CS(=O)(=O)C1)c1ccc(C2CC2)[nH]c1=O. The lowest BCUT2D eigenvalue weighted by Gasteiger charge is -2.25. The molecule has 1 aliphatic carbocycles. The van der Waals surface area contributed by atoms with Crippen LogP contribution in [0.4, 0.5) is 0 Å². The van der Waals surface area contributed by atoms with Gasteiger partial charge in [0.1, 0.15) is 5.56 Å². The molecule has 3 rings (SSSR count). The summed E-state index contributed by atoms with van der Waals surface area (Å²) >= 11 is 0. The maximum atomic E-state index is 11.9. The third-order valence-electron chi connectivity index (χ3n) is 4.01. The van der Waals surface area contributed by atoms with Gasteiger partial charge in [0.2, 0.25) is 0 Å². The second-order valence-corrected chi connectivity index (χ2v) is 8.07. The third-order valence-corrected chi connectivity index (χ3v) is 5.97. The van der Waals surface area contributed by atoms with Gasteiger partial charge in [-0.15, -0.1) is 0 Å². The number of aromatic nitrogens is 1. The smallest absolute Gasteiger partial charge is 0.261 e. The lowest BCUT2D eigenvalue weighted by Crippen LogP contribution is -2.39. The van der Waals surface area contributed by atoms with Gasteiger partial charge in [-0.2, -0.15) is 0 Å². The van der Waals surface area contributed by atoms with Crippen LogP contribution < -0.4 is 10.9 Å². The molecular formula is C14H18N2O4S. The van der Waals surface area contributed by atoms with E-state index in [0.29, 0.717) is 18.9 Å². The highest BCUT2D eigenvalue weighted by Crippen LogP contribution is 2.38. The molecule has 21 heavy (non-hydrogen) atoms. The molecule has 2 aliphatic rings. The fourth-order valence-electron chi connectivity index (χ4n) is 2.62. The van der Waals surface area contributed by atoms with Crippen LogP contribution >= 0.6 is 0 Å². The molecule has 0 spiro atoms. The van der Waals surface area contributed by atoms with Crippen molar-refractivity contribution in [3.63, 3.8) is 0 Å². The zero-order valence-corrected chi connectivity index (χ0v) is 12.4. The molecule has 0 unspecified atom stereocenters. The number of sulfone groups is 1. The first-order valence-corrected chi connectivity index (χ1v) is 8.98. The Labute approximate surface area is 122 Å². The minimum atomic E-state index is -2.81. The van der Waals surface area contributed by atoms with Gasteiger partial charge in [-0.25, -0.2) is 8.42 Å². The largest absolute Gasteiger partial charge is 0.352 e. The molecule has 0 radical (unpaired) electrons. The minimum absolute atomic E-state index is 0.112. The molecule has 1 saturated heterocycles. The van der Waals surface area contributed by atoms with E-state index < -0.39 is 15.7 Å². The van der Waals surface area contributed by atoms with Gasteiger partial charge in [0, 0.05) is 12.2 Å². The normalized spacial score (nSPS) is 20.8. The summed E-state index contributed by atoms with van der Waals surface area (Å²) in [5.41, 5.74) is 0.653. The minimum Gasteiger partial charge on any atom is -0.352 e. The molecule has 1 aromatic rings. The van der Waals surface area contributed by atoms with Crippen LogP contribution in [0.25, 0.3) is 0 Å². The number of hydrogen-bond donors (Lipinski definition) is 2. The predicted molar refractivity (Wildman–Crippen MR) is 78.1 cm³/mol. The van der Waals surface area contributed by atoms with Gasteiger partial charge >= 0.3 is 0 Å². The second-order valence-electron chi connectivity index (χ2n) is 5.92. The molecular weight excluding hydrogens is 292 g/mol. The average Bonchev–Trinajstić information content (AvgIpc) is 3.20. The van der Waals surface area contributed by atoms with Gasteiger partial charge < -0.3 is 10.3 Å². The fraction of sp³-hybridized carbons (Fsp3) is 0.571. The molecule has 6 nitrogen and oxygen atoms in total. The van der Waals surface area contributed by atoms with Crippen molar-refractivity contribution < 1.29 is 13.2 Å². The van der Waals surface area contributed by atoms with Crippen molar-refractivity contribution in [3.8, 4) is 0 Å². The predicted octanol–water partition coefficient (Wildman–Crippen LogP) is 0.417. The van der Waals surface area contributed by atoms with Crippen LogP contribution in [0.1, 0.15) is 41.2 Å². The van der Waals surface area contributed by atoms with E-state index in [9.17, 15) is 18.0 Å². The molecule has 1 aliphatic heterocycles. The molecule has 0 bridgehead atoms. The zero-order valence-electron chi connectivity index (χ0n) is 11.6. The molecule has 0 atom stereocenters. The van der Waals surface area contributed by atoms with Crippen molar-refractivity contribution in [1.82, 2.24) is 10.3 Å². The molecule has 2 heterocycles. The summed E-state index contributed by atoms with van der Waals surface area (Å²) in [6.07, 6.45) is 2.81. The molecule has 2 N–H and O–H groups in total. The number of rotatable bonds is 5. The highest BCUT2D eigenvalue weighted by atomic mass is 32.2. The highest BCUT2D eigenvalue weighted by Gasteiger charge is 2.32. The quantitative estimate of drug-likeness (QED) is 0.823. The zero-order chi connectivity index (χ0) is 15.0. The summed E-state index contributed by atoms with van der Waals surface area (Å²) in [7, 11) is -2.81. The van der Waals surface area contributed by atoms with E-state index in [1.54, 1.807) is 12.1 Å². The molecule has 114 valence electrons. The summed E-state index contributed by atoms with van der Waals surface area (Å²) in [6.45, 7) is 0.392. The van der Waals surface area contributed by atoms with Crippen LogP contribution in [-0.4, -0.2) is 37.4 Å². The summed E-state index contributed by atoms with van der Waals surface area (Å²) in [5, 5.41) is 2.68. The number of amides is 1. The standard InChI is InChI=1S/C14H18N2O4S/c17-13(15-6-5-9-7-21(19,20)8-9)11-3-4-12(10-1-2-10)16-14(11)18/h3-4,9-10H,1-2,5-8H2,(H,15,17)(H,16,18). The average molecular weight is 310 g/mol. The number of aromatic amines is 1. The Morgan fingerprint density at radius 1 is 1.29 bits per heavy atom. The van der Waals surface area contributed by atoms with Gasteiger partial charge in [-0.1, -0.05) is 0 Å². The number of nitrogens with one attached hydrogen (secondary N) is 2. The third kappa shape index (κ3) is 3.34. The summed E-state index contributed by atoms with van der Waals surface area (Å²) in [4.78, 5) is 26.6. The van der Waals surface area contributed by atoms with Gasteiger partial charge in [-0.3, -0.25) is 9.59 Å². The van der Waals surface area contributed by atoms with Crippen molar-refractivity contribution in [2.45, 2.75) is 25.2 Å². The second kappa shape index (κ2) is 5.29. The lowest BCUT2D eigenvalue weighted by molar-refractivity contribution is 0.0950. The summed E-state index contributed by atoms with van der Waals surface area (Å²) in [5.74, 6) is 0.584. The molecule has 1 saturated carbocycles.